The van der Waals surface area contributed by atoms with Crippen molar-refractivity contribution in [2.24, 2.45) is 5.92 Å². The Bertz CT molecular complexity index is 285. The summed E-state index contributed by atoms with van der Waals surface area (Å²) in [5.74, 6) is 0.0372. The molecule has 0 spiro atoms. The third-order valence-electron chi connectivity index (χ3n) is 3.67. The van der Waals surface area contributed by atoms with E-state index in [1.165, 1.54) is 7.11 Å². The van der Waals surface area contributed by atoms with Gasteiger partial charge < -0.3 is 19.7 Å². The molecule has 1 rings (SSSR count). The Balaban J connectivity index is 2.66. The highest BCUT2D eigenvalue weighted by Crippen LogP contribution is 2.34. The van der Waals surface area contributed by atoms with Crippen LogP contribution in [-0.2, 0) is 9.47 Å². The molecular formula is C12H21F3O4. The second-order valence-electron chi connectivity index (χ2n) is 4.97. The molecule has 0 amide bonds. The van der Waals surface area contributed by atoms with Crippen LogP contribution in [0.25, 0.3) is 0 Å². The first-order valence-electron chi connectivity index (χ1n) is 6.33. The highest BCUT2D eigenvalue weighted by molar-refractivity contribution is 4.91. The van der Waals surface area contributed by atoms with Crippen molar-refractivity contribution in [2.75, 3.05) is 7.11 Å². The quantitative estimate of drug-likeness (QED) is 0.804. The van der Waals surface area contributed by atoms with Gasteiger partial charge in [0.1, 0.15) is 0 Å². The van der Waals surface area contributed by atoms with Crippen LogP contribution in [-0.4, -0.2) is 54.0 Å². The van der Waals surface area contributed by atoms with Crippen LogP contribution in [0.2, 0.25) is 0 Å². The van der Waals surface area contributed by atoms with E-state index in [1.807, 2.05) is 13.8 Å². The molecule has 7 heteroatoms. The standard InChI is InChI=1S/C12H21F3O4/c1-4-8-6(2)10(18-3)9(19-8)5-7(16)11(17)12(13,14)15/h6-11,16-17H,4-5H2,1-3H3. The smallest absolute Gasteiger partial charge is 0.390 e. The molecule has 6 atom stereocenters. The summed E-state index contributed by atoms with van der Waals surface area (Å²) in [5.41, 5.74) is 0. The topological polar surface area (TPSA) is 58.9 Å². The fourth-order valence-corrected chi connectivity index (χ4v) is 2.59. The van der Waals surface area contributed by atoms with E-state index in [2.05, 4.69) is 0 Å². The van der Waals surface area contributed by atoms with Gasteiger partial charge in [-0.25, -0.2) is 0 Å². The summed E-state index contributed by atoms with van der Waals surface area (Å²) in [6.45, 7) is 3.81. The molecule has 0 aromatic carbocycles. The summed E-state index contributed by atoms with van der Waals surface area (Å²) in [5, 5.41) is 18.5. The minimum atomic E-state index is -4.84. The Labute approximate surface area is 110 Å². The highest BCUT2D eigenvalue weighted by Gasteiger charge is 2.47. The van der Waals surface area contributed by atoms with Crippen molar-refractivity contribution in [3.8, 4) is 0 Å². The molecule has 0 bridgehead atoms. The second kappa shape index (κ2) is 6.39. The van der Waals surface area contributed by atoms with Crippen molar-refractivity contribution in [2.45, 2.75) is 63.4 Å². The second-order valence-corrected chi connectivity index (χ2v) is 4.97. The molecule has 114 valence electrons. The van der Waals surface area contributed by atoms with Gasteiger partial charge in [-0.3, -0.25) is 0 Å². The number of alkyl halides is 3. The predicted molar refractivity (Wildman–Crippen MR) is 61.6 cm³/mol. The van der Waals surface area contributed by atoms with Gasteiger partial charge in [0.2, 0.25) is 0 Å². The lowest BCUT2D eigenvalue weighted by atomic mass is 9.93. The van der Waals surface area contributed by atoms with Crippen molar-refractivity contribution in [3.05, 3.63) is 0 Å². The minimum absolute atomic E-state index is 0.0372. The lowest BCUT2D eigenvalue weighted by Gasteiger charge is -2.25. The van der Waals surface area contributed by atoms with E-state index in [9.17, 15) is 18.3 Å². The van der Waals surface area contributed by atoms with E-state index < -0.39 is 24.5 Å². The van der Waals surface area contributed by atoms with Crippen LogP contribution >= 0.6 is 0 Å². The fraction of sp³-hybridized carbons (Fsp3) is 1.00. The molecule has 19 heavy (non-hydrogen) atoms. The van der Waals surface area contributed by atoms with Gasteiger partial charge in [-0.2, -0.15) is 13.2 Å². The van der Waals surface area contributed by atoms with Crippen LogP contribution in [0.4, 0.5) is 13.2 Å². The first kappa shape index (κ1) is 16.7. The first-order valence-corrected chi connectivity index (χ1v) is 6.33. The number of ether oxygens (including phenoxy) is 2. The highest BCUT2D eigenvalue weighted by atomic mass is 19.4. The summed E-state index contributed by atoms with van der Waals surface area (Å²) >= 11 is 0. The van der Waals surface area contributed by atoms with Gasteiger partial charge in [-0.1, -0.05) is 13.8 Å². The molecule has 0 radical (unpaired) electrons. The zero-order chi connectivity index (χ0) is 14.8. The van der Waals surface area contributed by atoms with Crippen LogP contribution in [0.3, 0.4) is 0 Å². The maximum absolute atomic E-state index is 12.3. The van der Waals surface area contributed by atoms with Crippen molar-refractivity contribution in [1.29, 1.82) is 0 Å². The van der Waals surface area contributed by atoms with Crippen molar-refractivity contribution >= 4 is 0 Å². The average molecular weight is 286 g/mol. The molecular weight excluding hydrogens is 265 g/mol. The molecule has 0 aliphatic carbocycles. The van der Waals surface area contributed by atoms with Gasteiger partial charge in [0.05, 0.1) is 24.4 Å². The van der Waals surface area contributed by atoms with Crippen LogP contribution < -0.4 is 0 Å². The molecule has 0 aromatic heterocycles. The van der Waals surface area contributed by atoms with Crippen LogP contribution in [0.1, 0.15) is 26.7 Å². The van der Waals surface area contributed by atoms with E-state index in [0.717, 1.165) is 6.42 Å². The summed E-state index contributed by atoms with van der Waals surface area (Å²) in [4.78, 5) is 0. The summed E-state index contributed by atoms with van der Waals surface area (Å²) in [6, 6.07) is 0. The van der Waals surface area contributed by atoms with Crippen molar-refractivity contribution < 1.29 is 32.9 Å². The molecule has 1 saturated heterocycles. The molecule has 6 unspecified atom stereocenters. The number of hydrogen-bond donors (Lipinski definition) is 2. The number of aliphatic hydroxyl groups excluding tert-OH is 2. The Kier molecular flexibility index (Phi) is 5.61. The van der Waals surface area contributed by atoms with Crippen LogP contribution in [0.5, 0.6) is 0 Å². The molecule has 1 fully saturated rings. The molecule has 4 nitrogen and oxygen atoms in total. The van der Waals surface area contributed by atoms with Gasteiger partial charge in [0, 0.05) is 19.4 Å². The number of hydrogen-bond acceptors (Lipinski definition) is 4. The Morgan fingerprint density at radius 1 is 1.26 bits per heavy atom. The number of rotatable bonds is 5. The Morgan fingerprint density at radius 2 is 1.84 bits per heavy atom. The van der Waals surface area contributed by atoms with Crippen LogP contribution in [0, 0.1) is 5.92 Å². The lowest BCUT2D eigenvalue weighted by Crippen LogP contribution is -2.43. The van der Waals surface area contributed by atoms with E-state index in [4.69, 9.17) is 14.6 Å². The monoisotopic (exact) mass is 286 g/mol. The van der Waals surface area contributed by atoms with Crippen molar-refractivity contribution in [1.82, 2.24) is 0 Å². The predicted octanol–water partition coefficient (Wildman–Crippen LogP) is 1.49. The largest absolute Gasteiger partial charge is 0.416 e. The zero-order valence-electron chi connectivity index (χ0n) is 11.2. The van der Waals surface area contributed by atoms with Gasteiger partial charge in [0.25, 0.3) is 0 Å². The average Bonchev–Trinajstić information content (AvgIpc) is 2.62. The van der Waals surface area contributed by atoms with E-state index in [1.54, 1.807) is 0 Å². The normalized spacial score (nSPS) is 35.4. The third-order valence-corrected chi connectivity index (χ3v) is 3.67. The lowest BCUT2D eigenvalue weighted by molar-refractivity contribution is -0.234. The van der Waals surface area contributed by atoms with E-state index in [0.29, 0.717) is 0 Å². The SMILES string of the molecule is CCC1OC(CC(O)C(O)C(F)(F)F)C(OC)C1C. The zero-order valence-corrected chi connectivity index (χ0v) is 11.2. The van der Waals surface area contributed by atoms with E-state index in [-0.39, 0.29) is 24.5 Å². The molecule has 1 heterocycles. The third kappa shape index (κ3) is 3.81. The molecule has 1 aliphatic heterocycles. The van der Waals surface area contributed by atoms with Crippen molar-refractivity contribution in [3.63, 3.8) is 0 Å². The van der Waals surface area contributed by atoms with Gasteiger partial charge >= 0.3 is 6.18 Å². The molecule has 0 saturated carbocycles. The maximum atomic E-state index is 12.3. The number of methoxy groups -OCH3 is 1. The molecule has 1 aliphatic rings. The fourth-order valence-electron chi connectivity index (χ4n) is 2.59. The van der Waals surface area contributed by atoms with Crippen LogP contribution in [0.15, 0.2) is 0 Å². The summed E-state index contributed by atoms with van der Waals surface area (Å²) in [7, 11) is 1.46. The van der Waals surface area contributed by atoms with Gasteiger partial charge in [-0.15, -0.1) is 0 Å². The molecule has 2 N–H and O–H groups in total. The Morgan fingerprint density at radius 3 is 2.26 bits per heavy atom. The number of halogens is 3. The van der Waals surface area contributed by atoms with Gasteiger partial charge in [-0.05, 0) is 6.42 Å². The summed E-state index contributed by atoms with van der Waals surface area (Å²) < 4.78 is 47.7. The summed E-state index contributed by atoms with van der Waals surface area (Å²) in [6.07, 6.45) is -10.2. The number of aliphatic hydroxyl groups is 2. The first-order chi connectivity index (χ1) is 8.72. The van der Waals surface area contributed by atoms with Gasteiger partial charge in [0.15, 0.2) is 6.10 Å². The van der Waals surface area contributed by atoms with E-state index >= 15 is 0 Å². The minimum Gasteiger partial charge on any atom is -0.390 e. The maximum Gasteiger partial charge on any atom is 0.416 e. The Hall–Kier alpha value is -0.370. The molecule has 0 aromatic rings.